The largest absolute Gasteiger partial charge is 0.383 e. The van der Waals surface area contributed by atoms with Crippen LogP contribution in [0.15, 0.2) is 54.7 Å². The lowest BCUT2D eigenvalue weighted by atomic mass is 10.2. The second-order valence-electron chi connectivity index (χ2n) is 6.09. The number of aromatic nitrogens is 1. The van der Waals surface area contributed by atoms with Crippen LogP contribution < -0.4 is 16.0 Å². The van der Waals surface area contributed by atoms with Gasteiger partial charge in [0, 0.05) is 43.5 Å². The van der Waals surface area contributed by atoms with Crippen LogP contribution in [0.3, 0.4) is 0 Å². The van der Waals surface area contributed by atoms with E-state index in [1.54, 1.807) is 31.4 Å². The van der Waals surface area contributed by atoms with Crippen molar-refractivity contribution in [1.82, 2.24) is 4.57 Å². The van der Waals surface area contributed by atoms with Crippen LogP contribution in [-0.4, -0.2) is 30.2 Å². The quantitative estimate of drug-likeness (QED) is 0.619. The zero-order chi connectivity index (χ0) is 19.2. The second-order valence-corrected chi connectivity index (χ2v) is 6.09. The summed E-state index contributed by atoms with van der Waals surface area (Å²) >= 11 is 0. The molecule has 0 aliphatic rings. The fourth-order valence-electron chi connectivity index (χ4n) is 2.88. The van der Waals surface area contributed by atoms with Crippen molar-refractivity contribution in [3.8, 4) is 0 Å². The molecule has 7 nitrogen and oxygen atoms in total. The van der Waals surface area contributed by atoms with E-state index >= 15 is 0 Å². The molecule has 3 N–H and O–H groups in total. The van der Waals surface area contributed by atoms with Gasteiger partial charge in [0.1, 0.15) is 0 Å². The Labute approximate surface area is 157 Å². The first-order valence-electron chi connectivity index (χ1n) is 8.59. The normalized spacial score (nSPS) is 10.6. The molecule has 2 aromatic carbocycles. The second kappa shape index (κ2) is 8.37. The minimum atomic E-state index is -0.357. The molecule has 0 saturated carbocycles. The zero-order valence-electron chi connectivity index (χ0n) is 15.3. The van der Waals surface area contributed by atoms with Gasteiger partial charge in [-0.2, -0.15) is 0 Å². The van der Waals surface area contributed by atoms with Crippen molar-refractivity contribution in [2.45, 2.75) is 13.5 Å². The van der Waals surface area contributed by atoms with E-state index in [4.69, 9.17) is 4.74 Å². The lowest BCUT2D eigenvalue weighted by Gasteiger charge is -2.09. The summed E-state index contributed by atoms with van der Waals surface area (Å²) in [5.41, 5.74) is 2.95. The fourth-order valence-corrected chi connectivity index (χ4v) is 2.88. The number of para-hydroxylation sites is 1. The van der Waals surface area contributed by atoms with Crippen molar-refractivity contribution in [2.75, 3.05) is 29.7 Å². The summed E-state index contributed by atoms with van der Waals surface area (Å²) < 4.78 is 7.20. The predicted octanol–water partition coefficient (Wildman–Crippen LogP) is 3.89. The van der Waals surface area contributed by atoms with Crippen molar-refractivity contribution in [1.29, 1.82) is 0 Å². The molecule has 0 radical (unpaired) electrons. The number of nitrogens with one attached hydrogen (secondary N) is 3. The number of hydrogen-bond donors (Lipinski definition) is 3. The number of urea groups is 1. The van der Waals surface area contributed by atoms with Gasteiger partial charge in [0.05, 0.1) is 17.8 Å². The molecular weight excluding hydrogens is 344 g/mol. The number of rotatable bonds is 6. The third-order valence-electron chi connectivity index (χ3n) is 4.01. The molecule has 140 valence electrons. The van der Waals surface area contributed by atoms with Gasteiger partial charge in [-0.15, -0.1) is 0 Å². The molecule has 0 fully saturated rings. The molecule has 0 saturated heterocycles. The van der Waals surface area contributed by atoms with Crippen LogP contribution in [-0.2, 0) is 16.1 Å². The third kappa shape index (κ3) is 4.65. The van der Waals surface area contributed by atoms with E-state index in [1.807, 2.05) is 35.0 Å². The number of anilines is 3. The smallest absolute Gasteiger partial charge is 0.323 e. The average Bonchev–Trinajstić information content (AvgIpc) is 2.97. The molecule has 0 atom stereocenters. The van der Waals surface area contributed by atoms with Crippen molar-refractivity contribution in [3.63, 3.8) is 0 Å². The monoisotopic (exact) mass is 366 g/mol. The van der Waals surface area contributed by atoms with Crippen molar-refractivity contribution < 1.29 is 14.3 Å². The highest BCUT2D eigenvalue weighted by Crippen LogP contribution is 2.26. The Kier molecular flexibility index (Phi) is 5.73. The Morgan fingerprint density at radius 3 is 2.48 bits per heavy atom. The molecule has 3 rings (SSSR count). The summed E-state index contributed by atoms with van der Waals surface area (Å²) in [5, 5.41) is 9.32. The highest BCUT2D eigenvalue weighted by molar-refractivity contribution is 6.06. The number of nitrogens with zero attached hydrogens (tertiary/aromatic N) is 1. The van der Waals surface area contributed by atoms with Crippen molar-refractivity contribution >= 4 is 39.9 Å². The molecule has 0 aliphatic carbocycles. The van der Waals surface area contributed by atoms with Crippen LogP contribution in [0.1, 0.15) is 6.92 Å². The Bertz CT molecular complexity index is 965. The summed E-state index contributed by atoms with van der Waals surface area (Å²) in [6.45, 7) is 2.71. The van der Waals surface area contributed by atoms with E-state index < -0.39 is 0 Å². The van der Waals surface area contributed by atoms with Gasteiger partial charge in [0.25, 0.3) is 0 Å². The van der Waals surface area contributed by atoms with E-state index in [-0.39, 0.29) is 11.9 Å². The molecule has 1 aromatic heterocycles. The Morgan fingerprint density at radius 2 is 1.74 bits per heavy atom. The van der Waals surface area contributed by atoms with Crippen molar-refractivity contribution in [2.24, 2.45) is 0 Å². The molecule has 7 heteroatoms. The van der Waals surface area contributed by atoms with Crippen LogP contribution in [0.25, 0.3) is 10.9 Å². The van der Waals surface area contributed by atoms with Gasteiger partial charge in [0.15, 0.2) is 0 Å². The highest BCUT2D eigenvalue weighted by Gasteiger charge is 2.11. The van der Waals surface area contributed by atoms with Crippen LogP contribution >= 0.6 is 0 Å². The van der Waals surface area contributed by atoms with Gasteiger partial charge < -0.3 is 25.3 Å². The maximum Gasteiger partial charge on any atom is 0.323 e. The SMILES string of the molecule is COCCn1cc(NC(=O)Nc2cccc(NC(C)=O)c2)c2ccccc21. The first-order chi connectivity index (χ1) is 13.1. The number of fused-ring (bicyclic) bond motifs is 1. The molecule has 0 aliphatic heterocycles. The molecule has 27 heavy (non-hydrogen) atoms. The van der Waals surface area contributed by atoms with Crippen LogP contribution in [0.2, 0.25) is 0 Å². The van der Waals surface area contributed by atoms with Gasteiger partial charge in [-0.25, -0.2) is 4.79 Å². The average molecular weight is 366 g/mol. The topological polar surface area (TPSA) is 84.4 Å². The van der Waals surface area contributed by atoms with E-state index in [2.05, 4.69) is 16.0 Å². The summed E-state index contributed by atoms with van der Waals surface area (Å²) in [4.78, 5) is 23.6. The standard InChI is InChI=1S/C20H22N4O3/c1-14(25)21-15-6-5-7-16(12-15)22-20(26)23-18-13-24(10-11-27-2)19-9-4-3-8-17(18)19/h3-9,12-13H,10-11H2,1-2H3,(H,21,25)(H2,22,23,26). The summed E-state index contributed by atoms with van der Waals surface area (Å²) in [5.74, 6) is -0.166. The summed E-state index contributed by atoms with van der Waals surface area (Å²) in [6.07, 6.45) is 1.90. The number of ether oxygens (including phenoxy) is 1. The fraction of sp³-hybridized carbons (Fsp3) is 0.200. The molecule has 0 bridgehead atoms. The first-order valence-corrected chi connectivity index (χ1v) is 8.59. The minimum Gasteiger partial charge on any atom is -0.383 e. The van der Waals surface area contributed by atoms with Crippen molar-refractivity contribution in [3.05, 3.63) is 54.7 Å². The molecule has 0 spiro atoms. The van der Waals surface area contributed by atoms with E-state index in [0.29, 0.717) is 24.5 Å². The first kappa shape index (κ1) is 18.5. The van der Waals surface area contributed by atoms with Gasteiger partial charge in [-0.05, 0) is 24.3 Å². The molecule has 1 heterocycles. The number of carbonyl (C=O) groups is 2. The Morgan fingerprint density at radius 1 is 1.00 bits per heavy atom. The Hall–Kier alpha value is -3.32. The molecular formula is C20H22N4O3. The number of amides is 3. The van der Waals surface area contributed by atoms with Gasteiger partial charge in [0.2, 0.25) is 5.91 Å². The van der Waals surface area contributed by atoms with Gasteiger partial charge >= 0.3 is 6.03 Å². The summed E-state index contributed by atoms with van der Waals surface area (Å²) in [6, 6.07) is 14.5. The number of hydrogen-bond acceptors (Lipinski definition) is 3. The maximum absolute atomic E-state index is 12.4. The molecule has 3 aromatic rings. The van der Waals surface area contributed by atoms with Gasteiger partial charge in [-0.1, -0.05) is 24.3 Å². The van der Waals surface area contributed by atoms with Crippen LogP contribution in [0, 0.1) is 0 Å². The number of methoxy groups -OCH3 is 1. The van der Waals surface area contributed by atoms with E-state index in [0.717, 1.165) is 16.6 Å². The molecule has 3 amide bonds. The lowest BCUT2D eigenvalue weighted by molar-refractivity contribution is -0.114. The van der Waals surface area contributed by atoms with Crippen LogP contribution in [0.4, 0.5) is 21.9 Å². The maximum atomic E-state index is 12.4. The minimum absolute atomic E-state index is 0.166. The summed E-state index contributed by atoms with van der Waals surface area (Å²) in [7, 11) is 1.66. The number of benzene rings is 2. The van der Waals surface area contributed by atoms with Gasteiger partial charge in [-0.3, -0.25) is 4.79 Å². The predicted molar refractivity (Wildman–Crippen MR) is 107 cm³/mol. The van der Waals surface area contributed by atoms with Crippen LogP contribution in [0.5, 0.6) is 0 Å². The Balaban J connectivity index is 1.75. The number of carbonyl (C=O) groups excluding carboxylic acids is 2. The van der Waals surface area contributed by atoms with E-state index in [1.165, 1.54) is 6.92 Å². The zero-order valence-corrected chi connectivity index (χ0v) is 15.3. The van der Waals surface area contributed by atoms with E-state index in [9.17, 15) is 9.59 Å². The highest BCUT2D eigenvalue weighted by atomic mass is 16.5. The lowest BCUT2D eigenvalue weighted by Crippen LogP contribution is -2.19. The molecule has 0 unspecified atom stereocenters. The third-order valence-corrected chi connectivity index (χ3v) is 4.01.